The van der Waals surface area contributed by atoms with Crippen LogP contribution in [0.4, 0.5) is 11.4 Å². The van der Waals surface area contributed by atoms with Crippen molar-refractivity contribution in [2.24, 2.45) is 0 Å². The molecule has 10 heteroatoms. The third-order valence-corrected chi connectivity index (χ3v) is 9.72. The Kier molecular flexibility index (Phi) is 6.93. The summed E-state index contributed by atoms with van der Waals surface area (Å²) >= 11 is 0. The van der Waals surface area contributed by atoms with Gasteiger partial charge in [0.15, 0.2) is 0 Å². The number of hydrogen-bond acceptors (Lipinski definition) is 7. The lowest BCUT2D eigenvalue weighted by Crippen LogP contribution is -2.28. The molecule has 1 N–H and O–H groups in total. The van der Waals surface area contributed by atoms with Gasteiger partial charge in [-0.2, -0.15) is 0 Å². The number of likely N-dealkylation sites (N-methyl/N-ethyl adjacent to an activating group) is 1. The lowest BCUT2D eigenvalue weighted by atomic mass is 9.92. The summed E-state index contributed by atoms with van der Waals surface area (Å²) in [6.07, 6.45) is 5.90. The van der Waals surface area contributed by atoms with E-state index in [4.69, 9.17) is 4.74 Å². The molecule has 1 aliphatic carbocycles. The molecule has 6 rings (SSSR count). The van der Waals surface area contributed by atoms with Gasteiger partial charge in [0, 0.05) is 36.3 Å². The number of aryl methyl sites for hydroxylation is 2. The number of amides is 1. The Morgan fingerprint density at radius 2 is 1.79 bits per heavy atom. The molecule has 1 aliphatic heterocycles. The minimum Gasteiger partial charge on any atom is -0.476 e. The molecule has 2 aromatic heterocycles. The van der Waals surface area contributed by atoms with Crippen LogP contribution >= 0.6 is 0 Å². The Labute approximate surface area is 246 Å². The van der Waals surface area contributed by atoms with E-state index in [-0.39, 0.29) is 22.4 Å². The number of ether oxygens (including phenoxy) is 1. The van der Waals surface area contributed by atoms with Crippen molar-refractivity contribution in [2.75, 3.05) is 43.9 Å². The van der Waals surface area contributed by atoms with Gasteiger partial charge in [-0.1, -0.05) is 12.1 Å². The highest BCUT2D eigenvalue weighted by Gasteiger charge is 2.59. The molecule has 1 saturated carbocycles. The van der Waals surface area contributed by atoms with E-state index in [0.717, 1.165) is 70.2 Å². The van der Waals surface area contributed by atoms with Gasteiger partial charge in [0.2, 0.25) is 11.8 Å². The van der Waals surface area contributed by atoms with Gasteiger partial charge in [0.25, 0.3) is 10.0 Å². The summed E-state index contributed by atoms with van der Waals surface area (Å²) in [6, 6.07) is 12.7. The second-order valence-corrected chi connectivity index (χ2v) is 13.3. The van der Waals surface area contributed by atoms with Gasteiger partial charge in [0.1, 0.15) is 5.69 Å². The van der Waals surface area contributed by atoms with Crippen LogP contribution in [0.3, 0.4) is 0 Å². The predicted octanol–water partition coefficient (Wildman–Crippen LogP) is 5.05. The van der Waals surface area contributed by atoms with Crippen molar-refractivity contribution in [3.8, 4) is 17.0 Å². The number of carbonyl (C=O) groups excluding carboxylic acids is 1. The molecule has 0 unspecified atom stereocenters. The zero-order valence-electron chi connectivity index (χ0n) is 24.6. The highest BCUT2D eigenvalue weighted by molar-refractivity contribution is 7.92. The van der Waals surface area contributed by atoms with E-state index in [9.17, 15) is 13.2 Å². The Bertz CT molecular complexity index is 1830. The van der Waals surface area contributed by atoms with Gasteiger partial charge in [0.05, 0.1) is 34.3 Å². The number of nitrogens with zero attached hydrogens (tertiary/aromatic N) is 4. The van der Waals surface area contributed by atoms with Crippen molar-refractivity contribution in [1.29, 1.82) is 0 Å². The molecular formula is C32H35N5O4S. The second kappa shape index (κ2) is 10.4. The Morgan fingerprint density at radius 1 is 1.00 bits per heavy atom. The van der Waals surface area contributed by atoms with E-state index in [0.29, 0.717) is 6.61 Å². The molecular weight excluding hydrogens is 550 g/mol. The molecule has 9 nitrogen and oxygen atoms in total. The van der Waals surface area contributed by atoms with Gasteiger partial charge in [-0.25, -0.2) is 13.4 Å². The first kappa shape index (κ1) is 28.1. The van der Waals surface area contributed by atoms with E-state index in [2.05, 4.69) is 19.6 Å². The lowest BCUT2D eigenvalue weighted by molar-refractivity contribution is -0.119. The number of pyridine rings is 2. The predicted molar refractivity (Wildman–Crippen MR) is 165 cm³/mol. The zero-order valence-corrected chi connectivity index (χ0v) is 25.4. The first-order valence-electron chi connectivity index (χ1n) is 14.1. The normalized spacial score (nSPS) is 15.5. The molecule has 1 fully saturated rings. The molecule has 2 aliphatic rings. The number of sulfonamides is 1. The van der Waals surface area contributed by atoms with Crippen LogP contribution in [-0.2, 0) is 20.2 Å². The van der Waals surface area contributed by atoms with Gasteiger partial charge in [-0.15, -0.1) is 0 Å². The molecule has 42 heavy (non-hydrogen) atoms. The first-order chi connectivity index (χ1) is 20.0. The van der Waals surface area contributed by atoms with Crippen LogP contribution in [-0.4, -0.2) is 63.5 Å². The summed E-state index contributed by atoms with van der Waals surface area (Å²) in [5, 5.41) is 0.932. The summed E-state index contributed by atoms with van der Waals surface area (Å²) in [5.41, 5.74) is 5.97. The van der Waals surface area contributed by atoms with E-state index >= 15 is 0 Å². The molecule has 0 radical (unpaired) electrons. The van der Waals surface area contributed by atoms with Crippen LogP contribution < -0.4 is 14.4 Å². The maximum Gasteiger partial charge on any atom is 0.262 e. The molecule has 1 spiro atoms. The van der Waals surface area contributed by atoms with Crippen LogP contribution in [0, 0.1) is 13.8 Å². The van der Waals surface area contributed by atoms with Gasteiger partial charge in [-0.3, -0.25) is 14.5 Å². The standard InChI is InChI=1S/C32H35N5O4S/c1-20-7-9-24(15-21(20)2)42(39,40)35-27-17-23(18-34-30(27)41-14-6-13-36(3)4)22-8-10-26-25(16-22)29-28(19-33-26)37(5)31(38)32(29)11-12-32/h7-10,15-19,35H,6,11-14H2,1-5H3. The van der Waals surface area contributed by atoms with Gasteiger partial charge >= 0.3 is 0 Å². The highest BCUT2D eigenvalue weighted by atomic mass is 32.2. The van der Waals surface area contributed by atoms with Crippen LogP contribution in [0.2, 0.25) is 0 Å². The maximum absolute atomic E-state index is 13.5. The molecule has 2 aromatic carbocycles. The number of benzene rings is 2. The van der Waals surface area contributed by atoms with E-state index < -0.39 is 15.4 Å². The van der Waals surface area contributed by atoms with Crippen molar-refractivity contribution >= 4 is 38.2 Å². The summed E-state index contributed by atoms with van der Waals surface area (Å²) < 4.78 is 35.7. The van der Waals surface area contributed by atoms with Crippen molar-refractivity contribution in [2.45, 2.75) is 43.4 Å². The Hall–Kier alpha value is -4.02. The monoisotopic (exact) mass is 585 g/mol. The maximum atomic E-state index is 13.5. The minimum absolute atomic E-state index is 0.123. The van der Waals surface area contributed by atoms with Gasteiger partial charge in [-0.05, 0) is 94.2 Å². The Morgan fingerprint density at radius 3 is 2.50 bits per heavy atom. The number of hydrogen-bond donors (Lipinski definition) is 1. The number of rotatable bonds is 9. The lowest BCUT2D eigenvalue weighted by Gasteiger charge is -2.16. The smallest absolute Gasteiger partial charge is 0.262 e. The second-order valence-electron chi connectivity index (χ2n) is 11.6. The number of anilines is 2. The molecule has 3 heterocycles. The molecule has 1 amide bonds. The average Bonchev–Trinajstić information content (AvgIpc) is 3.73. The molecule has 0 atom stereocenters. The molecule has 218 valence electrons. The van der Waals surface area contributed by atoms with E-state index in [1.807, 2.05) is 46.1 Å². The summed E-state index contributed by atoms with van der Waals surface area (Å²) in [6.45, 7) is 5.05. The fraction of sp³-hybridized carbons (Fsp3) is 0.344. The molecule has 0 bridgehead atoms. The van der Waals surface area contributed by atoms with E-state index in [1.54, 1.807) is 48.6 Å². The number of nitrogens with one attached hydrogen (secondary N) is 1. The zero-order chi connectivity index (χ0) is 29.8. The van der Waals surface area contributed by atoms with Crippen molar-refractivity contribution in [3.05, 3.63) is 71.5 Å². The van der Waals surface area contributed by atoms with Crippen molar-refractivity contribution in [1.82, 2.24) is 14.9 Å². The van der Waals surface area contributed by atoms with Crippen LogP contribution in [0.15, 0.2) is 59.8 Å². The van der Waals surface area contributed by atoms with Crippen molar-refractivity contribution < 1.29 is 17.9 Å². The number of aromatic nitrogens is 2. The first-order valence-corrected chi connectivity index (χ1v) is 15.6. The summed E-state index contributed by atoms with van der Waals surface area (Å²) in [5.74, 6) is 0.343. The average molecular weight is 586 g/mol. The largest absolute Gasteiger partial charge is 0.476 e. The summed E-state index contributed by atoms with van der Waals surface area (Å²) in [4.78, 5) is 26.2. The fourth-order valence-corrected chi connectivity index (χ4v) is 6.81. The van der Waals surface area contributed by atoms with Crippen LogP contribution in [0.25, 0.3) is 22.0 Å². The quantitative estimate of drug-likeness (QED) is 0.274. The summed E-state index contributed by atoms with van der Waals surface area (Å²) in [7, 11) is 1.87. The third kappa shape index (κ3) is 4.88. The fourth-order valence-electron chi connectivity index (χ4n) is 5.68. The topological polar surface area (TPSA) is 105 Å². The van der Waals surface area contributed by atoms with E-state index in [1.165, 1.54) is 0 Å². The van der Waals surface area contributed by atoms with Crippen molar-refractivity contribution in [3.63, 3.8) is 0 Å². The minimum atomic E-state index is -3.91. The van der Waals surface area contributed by atoms with Crippen LogP contribution in [0.1, 0.15) is 36.0 Å². The Balaban J connectivity index is 1.40. The SMILES string of the molecule is Cc1ccc(S(=O)(=O)Nc2cc(-c3ccc4ncc5c(c4c3)C3(CC3)C(=O)N5C)cnc2OCCCN(C)C)cc1C. The molecule has 0 saturated heterocycles. The number of fused-ring (bicyclic) bond motifs is 4. The number of carbonyl (C=O) groups is 1. The van der Waals surface area contributed by atoms with Gasteiger partial charge < -0.3 is 14.5 Å². The van der Waals surface area contributed by atoms with Crippen LogP contribution in [0.5, 0.6) is 5.88 Å². The highest BCUT2D eigenvalue weighted by Crippen LogP contribution is 2.58. The molecule has 4 aromatic rings. The third-order valence-electron chi connectivity index (χ3n) is 8.36.